The van der Waals surface area contributed by atoms with Crippen molar-refractivity contribution in [1.29, 1.82) is 0 Å². The summed E-state index contributed by atoms with van der Waals surface area (Å²) in [4.78, 5) is 42.3. The van der Waals surface area contributed by atoms with Crippen LogP contribution in [0.4, 0.5) is 14.9 Å². The molecule has 2 unspecified atom stereocenters. The average molecular weight is 603 g/mol. The number of piperidine rings is 2. The highest BCUT2D eigenvalue weighted by Crippen LogP contribution is 2.23. The molecule has 12 nitrogen and oxygen atoms in total. The van der Waals surface area contributed by atoms with Crippen molar-refractivity contribution in [3.8, 4) is 0 Å². The van der Waals surface area contributed by atoms with Crippen LogP contribution in [-0.4, -0.2) is 105 Å². The van der Waals surface area contributed by atoms with Crippen LogP contribution in [0.3, 0.4) is 0 Å². The minimum Gasteiger partial charge on any atom is -0.448 e. The second-order valence-electron chi connectivity index (χ2n) is 10.3. The minimum atomic E-state index is -4.13. The van der Waals surface area contributed by atoms with Crippen molar-refractivity contribution in [3.63, 3.8) is 0 Å². The fourth-order valence-electron chi connectivity index (χ4n) is 5.13. The molecule has 1 aromatic rings. The smallest absolute Gasteiger partial charge is 0.409 e. The highest BCUT2D eigenvalue weighted by Gasteiger charge is 2.43. The summed E-state index contributed by atoms with van der Waals surface area (Å²) in [5.41, 5.74) is 0.193. The van der Waals surface area contributed by atoms with Crippen molar-refractivity contribution in [2.24, 2.45) is 0 Å². The number of hydrogen-bond acceptors (Lipinski definition) is 7. The number of hydrogen-bond donors (Lipinski definition) is 3. The molecule has 4 rings (SSSR count). The van der Waals surface area contributed by atoms with Gasteiger partial charge in [-0.2, -0.15) is 17.4 Å². The number of likely N-dealkylation sites (tertiary alicyclic amines) is 2. The van der Waals surface area contributed by atoms with Crippen LogP contribution < -0.4 is 15.4 Å². The van der Waals surface area contributed by atoms with Crippen LogP contribution in [0.2, 0.25) is 5.02 Å². The van der Waals surface area contributed by atoms with E-state index in [4.69, 9.17) is 16.3 Å². The Kier molecular flexibility index (Phi) is 10.2. The molecule has 3 aliphatic heterocycles. The molecular formula is C25H36ClFN6O6S. The Balaban J connectivity index is 1.25. The molecule has 3 amide bonds. The van der Waals surface area contributed by atoms with Crippen molar-refractivity contribution in [1.82, 2.24) is 24.1 Å². The second-order valence-corrected chi connectivity index (χ2v) is 12.5. The van der Waals surface area contributed by atoms with Crippen LogP contribution in [0, 0.1) is 5.82 Å². The summed E-state index contributed by atoms with van der Waals surface area (Å²) in [6.45, 7) is 3.93. The van der Waals surface area contributed by atoms with E-state index in [1.54, 1.807) is 4.90 Å². The van der Waals surface area contributed by atoms with E-state index in [0.29, 0.717) is 32.5 Å². The molecular weight excluding hydrogens is 567 g/mol. The van der Waals surface area contributed by atoms with Gasteiger partial charge < -0.3 is 20.3 Å². The number of ether oxygens (including phenoxy) is 1. The third kappa shape index (κ3) is 7.81. The molecule has 0 spiro atoms. The van der Waals surface area contributed by atoms with Gasteiger partial charge in [0.15, 0.2) is 0 Å². The maximum Gasteiger partial charge on any atom is 0.409 e. The van der Waals surface area contributed by atoms with Gasteiger partial charge in [0, 0.05) is 38.4 Å². The summed E-state index contributed by atoms with van der Waals surface area (Å²) in [7, 11) is -2.90. The number of anilines is 1. The summed E-state index contributed by atoms with van der Waals surface area (Å²) in [6.07, 6.45) is 4.07. The van der Waals surface area contributed by atoms with E-state index in [9.17, 15) is 27.2 Å². The molecule has 3 N–H and O–H groups in total. The molecule has 40 heavy (non-hydrogen) atoms. The van der Waals surface area contributed by atoms with E-state index in [1.807, 2.05) is 0 Å². The number of rotatable bonds is 7. The van der Waals surface area contributed by atoms with Crippen molar-refractivity contribution in [2.75, 3.05) is 51.7 Å². The number of carbonyl (C=O) groups excluding carboxylic acids is 3. The quantitative estimate of drug-likeness (QED) is 0.430. The van der Waals surface area contributed by atoms with Crippen molar-refractivity contribution >= 4 is 45.4 Å². The lowest BCUT2D eigenvalue weighted by molar-refractivity contribution is -0.125. The molecule has 3 heterocycles. The first-order chi connectivity index (χ1) is 19.0. The Morgan fingerprint density at radius 3 is 2.48 bits per heavy atom. The molecule has 15 heteroatoms. The molecule has 3 saturated heterocycles. The first kappa shape index (κ1) is 30.4. The average Bonchev–Trinajstić information content (AvgIpc) is 2.93. The SMILES string of the molecule is CN1C(C(=O)Nc2ccc(F)c(Cl)c2)CC(C(=O)NC2CCN(C(=O)OCCN3CCCCC3)CC2)NS1(=O)=O. The zero-order valence-electron chi connectivity index (χ0n) is 22.4. The Hall–Kier alpha value is -2.52. The number of nitrogens with zero attached hydrogens (tertiary/aromatic N) is 3. The van der Waals surface area contributed by atoms with Crippen molar-refractivity contribution < 1.29 is 31.9 Å². The maximum atomic E-state index is 13.4. The van der Waals surface area contributed by atoms with Crippen molar-refractivity contribution in [2.45, 2.75) is 56.7 Å². The predicted molar refractivity (Wildman–Crippen MR) is 146 cm³/mol. The van der Waals surface area contributed by atoms with E-state index >= 15 is 0 Å². The summed E-state index contributed by atoms with van der Waals surface area (Å²) >= 11 is 5.77. The normalized spacial score (nSPS) is 24.3. The maximum absolute atomic E-state index is 13.4. The van der Waals surface area contributed by atoms with Gasteiger partial charge in [-0.25, -0.2) is 9.18 Å². The lowest BCUT2D eigenvalue weighted by Crippen LogP contribution is -2.63. The molecule has 0 radical (unpaired) electrons. The van der Waals surface area contributed by atoms with Crippen LogP contribution in [0.25, 0.3) is 0 Å². The fraction of sp³-hybridized carbons (Fsp3) is 0.640. The van der Waals surface area contributed by atoms with E-state index in [1.165, 1.54) is 38.4 Å². The van der Waals surface area contributed by atoms with Crippen LogP contribution in [0.1, 0.15) is 38.5 Å². The van der Waals surface area contributed by atoms with E-state index < -0.39 is 39.9 Å². The third-order valence-corrected chi connectivity index (χ3v) is 9.44. The van der Waals surface area contributed by atoms with Gasteiger partial charge in [0.2, 0.25) is 11.8 Å². The largest absolute Gasteiger partial charge is 0.448 e. The predicted octanol–water partition coefficient (Wildman–Crippen LogP) is 1.53. The highest BCUT2D eigenvalue weighted by molar-refractivity contribution is 7.87. The number of likely N-dealkylation sites (N-methyl/N-ethyl adjacent to an activating group) is 1. The van der Waals surface area contributed by atoms with Gasteiger partial charge in [0.1, 0.15) is 24.5 Å². The molecule has 1 aromatic carbocycles. The number of halogens is 2. The first-order valence-electron chi connectivity index (χ1n) is 13.5. The molecule has 3 aliphatic rings. The Morgan fingerprint density at radius 2 is 1.80 bits per heavy atom. The lowest BCUT2D eigenvalue weighted by Gasteiger charge is -2.37. The van der Waals surface area contributed by atoms with Crippen molar-refractivity contribution in [3.05, 3.63) is 29.0 Å². The minimum absolute atomic E-state index is 0.121. The second kappa shape index (κ2) is 13.4. The number of benzene rings is 1. The Labute approximate surface area is 238 Å². The fourth-order valence-corrected chi connectivity index (χ4v) is 6.55. The molecule has 0 saturated carbocycles. The standard InChI is InChI=1S/C25H36ClFN6O6S/c1-31-22(24(35)29-18-5-6-20(27)19(26)15-18)16-21(30-40(31,37)38)23(34)28-17-7-11-33(12-8-17)25(36)39-14-13-32-9-3-2-4-10-32/h5-6,15,17,21-22,30H,2-4,7-14,16H2,1H3,(H,28,34)(H,29,35). The topological polar surface area (TPSA) is 140 Å². The van der Waals surface area contributed by atoms with E-state index in [2.05, 4.69) is 20.3 Å². The highest BCUT2D eigenvalue weighted by atomic mass is 35.5. The molecule has 3 fully saturated rings. The Morgan fingerprint density at radius 1 is 1.10 bits per heavy atom. The third-order valence-electron chi connectivity index (χ3n) is 7.56. The summed E-state index contributed by atoms with van der Waals surface area (Å²) in [5.74, 6) is -1.89. The van der Waals surface area contributed by atoms with Crippen LogP contribution in [0.5, 0.6) is 0 Å². The first-order valence-corrected chi connectivity index (χ1v) is 15.3. The van der Waals surface area contributed by atoms with Gasteiger partial charge in [-0.3, -0.25) is 14.5 Å². The van der Waals surface area contributed by atoms with E-state index in [0.717, 1.165) is 30.0 Å². The van der Waals surface area contributed by atoms with Gasteiger partial charge >= 0.3 is 6.09 Å². The number of carbonyl (C=O) groups is 3. The molecule has 0 aliphatic carbocycles. The molecule has 0 aromatic heterocycles. The van der Waals surface area contributed by atoms with Gasteiger partial charge in [-0.15, -0.1) is 0 Å². The molecule has 0 bridgehead atoms. The lowest BCUT2D eigenvalue weighted by atomic mass is 10.0. The van der Waals surface area contributed by atoms with Crippen LogP contribution >= 0.6 is 11.6 Å². The zero-order chi connectivity index (χ0) is 28.9. The number of nitrogens with one attached hydrogen (secondary N) is 3. The summed E-state index contributed by atoms with van der Waals surface area (Å²) in [5, 5.41) is 5.18. The van der Waals surface area contributed by atoms with Gasteiger partial charge in [-0.05, 0) is 63.4 Å². The molecule has 2 atom stereocenters. The van der Waals surface area contributed by atoms with Gasteiger partial charge in [-0.1, -0.05) is 18.0 Å². The Bertz CT molecular complexity index is 1190. The molecule has 222 valence electrons. The summed E-state index contributed by atoms with van der Waals surface area (Å²) in [6, 6.07) is 0.973. The van der Waals surface area contributed by atoms with Gasteiger partial charge in [0.25, 0.3) is 10.2 Å². The number of amides is 3. The zero-order valence-corrected chi connectivity index (χ0v) is 24.0. The van der Waals surface area contributed by atoms with Crippen LogP contribution in [-0.2, 0) is 24.5 Å². The van der Waals surface area contributed by atoms with Gasteiger partial charge in [0.05, 0.1) is 5.02 Å². The van der Waals surface area contributed by atoms with Crippen LogP contribution in [0.15, 0.2) is 18.2 Å². The van der Waals surface area contributed by atoms with E-state index in [-0.39, 0.29) is 29.3 Å². The summed E-state index contributed by atoms with van der Waals surface area (Å²) < 4.78 is 47.4. The monoisotopic (exact) mass is 602 g/mol.